The Kier molecular flexibility index (Phi) is 5.57. The Balaban J connectivity index is 1.49. The van der Waals surface area contributed by atoms with Gasteiger partial charge in [0.1, 0.15) is 12.3 Å². The zero-order valence-electron chi connectivity index (χ0n) is 16.3. The van der Waals surface area contributed by atoms with Crippen molar-refractivity contribution in [2.24, 2.45) is 0 Å². The van der Waals surface area contributed by atoms with Crippen LogP contribution in [-0.4, -0.2) is 27.0 Å². The minimum atomic E-state index is -4.42. The molecule has 0 aliphatic carbocycles. The molecule has 158 valence electrons. The lowest BCUT2D eigenvalue weighted by molar-refractivity contribution is -0.137. The highest BCUT2D eigenvalue weighted by Gasteiger charge is 2.30. The van der Waals surface area contributed by atoms with Gasteiger partial charge in [-0.1, -0.05) is 6.07 Å². The Labute approximate surface area is 175 Å². The largest absolute Gasteiger partial charge is 0.493 e. The molecule has 4 rings (SSSR count). The number of methoxy groups -OCH3 is 1. The summed E-state index contributed by atoms with van der Waals surface area (Å²) in [6, 6.07) is 13.1. The van der Waals surface area contributed by atoms with Gasteiger partial charge in [0, 0.05) is 24.2 Å². The van der Waals surface area contributed by atoms with Crippen molar-refractivity contribution >= 4 is 0 Å². The molecule has 0 amide bonds. The van der Waals surface area contributed by atoms with Crippen LogP contribution in [0.25, 0.3) is 22.8 Å². The van der Waals surface area contributed by atoms with Crippen molar-refractivity contribution in [3.05, 3.63) is 78.4 Å². The molecule has 0 saturated carbocycles. The van der Waals surface area contributed by atoms with Crippen LogP contribution < -0.4 is 9.47 Å². The number of aromatic amines is 1. The van der Waals surface area contributed by atoms with Crippen LogP contribution in [-0.2, 0) is 12.8 Å². The molecular weight excluding hydrogens is 409 g/mol. The Morgan fingerprint density at radius 1 is 0.968 bits per heavy atom. The summed E-state index contributed by atoms with van der Waals surface area (Å²) < 4.78 is 49.0. The summed E-state index contributed by atoms with van der Waals surface area (Å²) in [4.78, 5) is 15.7. The van der Waals surface area contributed by atoms with E-state index in [1.165, 1.54) is 13.2 Å². The number of nitrogens with one attached hydrogen (secondary N) is 1. The van der Waals surface area contributed by atoms with Crippen molar-refractivity contribution in [3.8, 4) is 34.3 Å². The number of aromatic nitrogens is 4. The highest BCUT2D eigenvalue weighted by Crippen LogP contribution is 2.33. The molecule has 4 aromatic rings. The maximum atomic E-state index is 12.6. The van der Waals surface area contributed by atoms with Crippen molar-refractivity contribution in [2.45, 2.75) is 12.8 Å². The SMILES string of the molecule is COc1cc(-c2c[nH]c(-c3ccccn3)n2)ccc1OCc1ccc(C(F)(F)F)cn1. The number of pyridine rings is 2. The molecule has 0 spiro atoms. The van der Waals surface area contributed by atoms with Gasteiger partial charge in [-0.25, -0.2) is 4.98 Å². The van der Waals surface area contributed by atoms with Crippen LogP contribution in [0.5, 0.6) is 11.5 Å². The van der Waals surface area contributed by atoms with Gasteiger partial charge < -0.3 is 14.5 Å². The van der Waals surface area contributed by atoms with Gasteiger partial charge in [0.2, 0.25) is 0 Å². The Morgan fingerprint density at radius 3 is 2.52 bits per heavy atom. The van der Waals surface area contributed by atoms with Gasteiger partial charge in [0.15, 0.2) is 17.3 Å². The molecule has 0 aliphatic heterocycles. The molecule has 3 heterocycles. The third-order valence-electron chi connectivity index (χ3n) is 4.47. The van der Waals surface area contributed by atoms with Gasteiger partial charge in [-0.2, -0.15) is 13.2 Å². The molecule has 0 unspecified atom stereocenters. The third kappa shape index (κ3) is 4.66. The second kappa shape index (κ2) is 8.47. The smallest absolute Gasteiger partial charge is 0.417 e. The topological polar surface area (TPSA) is 72.9 Å². The quantitative estimate of drug-likeness (QED) is 0.462. The van der Waals surface area contributed by atoms with Crippen LogP contribution in [0.15, 0.2) is 67.1 Å². The summed E-state index contributed by atoms with van der Waals surface area (Å²) in [5.74, 6) is 1.54. The second-order valence-corrected chi connectivity index (χ2v) is 6.54. The molecule has 0 fully saturated rings. The van der Waals surface area contributed by atoms with Gasteiger partial charge in [-0.15, -0.1) is 0 Å². The lowest BCUT2D eigenvalue weighted by atomic mass is 10.1. The summed E-state index contributed by atoms with van der Waals surface area (Å²) in [6.07, 6.45) is -0.173. The Hall–Kier alpha value is -3.88. The zero-order chi connectivity index (χ0) is 21.8. The fraction of sp³-hybridized carbons (Fsp3) is 0.136. The summed E-state index contributed by atoms with van der Waals surface area (Å²) in [5, 5.41) is 0. The highest BCUT2D eigenvalue weighted by atomic mass is 19.4. The van der Waals surface area contributed by atoms with Gasteiger partial charge >= 0.3 is 6.18 Å². The van der Waals surface area contributed by atoms with E-state index in [9.17, 15) is 13.2 Å². The van der Waals surface area contributed by atoms with E-state index in [1.807, 2.05) is 24.3 Å². The molecule has 0 saturated heterocycles. The number of hydrogen-bond acceptors (Lipinski definition) is 5. The number of H-pyrrole nitrogens is 1. The number of rotatable bonds is 6. The van der Waals surface area contributed by atoms with E-state index in [1.54, 1.807) is 24.5 Å². The second-order valence-electron chi connectivity index (χ2n) is 6.54. The van der Waals surface area contributed by atoms with Crippen LogP contribution in [0.2, 0.25) is 0 Å². The van der Waals surface area contributed by atoms with Crippen LogP contribution in [0.4, 0.5) is 13.2 Å². The number of alkyl halides is 3. The van der Waals surface area contributed by atoms with E-state index in [-0.39, 0.29) is 6.61 Å². The van der Waals surface area contributed by atoms with E-state index >= 15 is 0 Å². The van der Waals surface area contributed by atoms with Crippen molar-refractivity contribution < 1.29 is 22.6 Å². The molecule has 1 N–H and O–H groups in total. The normalized spacial score (nSPS) is 11.4. The van der Waals surface area contributed by atoms with Crippen LogP contribution in [0.1, 0.15) is 11.3 Å². The molecule has 31 heavy (non-hydrogen) atoms. The van der Waals surface area contributed by atoms with Crippen molar-refractivity contribution in [1.82, 2.24) is 19.9 Å². The predicted molar refractivity (Wildman–Crippen MR) is 107 cm³/mol. The van der Waals surface area contributed by atoms with E-state index in [2.05, 4.69) is 19.9 Å². The number of halogens is 3. The van der Waals surface area contributed by atoms with Gasteiger partial charge in [-0.3, -0.25) is 9.97 Å². The Bertz CT molecular complexity index is 1160. The highest BCUT2D eigenvalue weighted by molar-refractivity contribution is 5.66. The standard InChI is InChI=1S/C22H17F3N4O2/c1-30-20-10-14(18-12-28-21(29-18)17-4-2-3-9-26-17)5-8-19(20)31-13-16-7-6-15(11-27-16)22(23,24)25/h2-12H,13H2,1H3,(H,28,29). The number of benzene rings is 1. The molecule has 9 heteroatoms. The fourth-order valence-corrected chi connectivity index (χ4v) is 2.88. The minimum absolute atomic E-state index is 0.0000727. The number of imidazole rings is 1. The van der Waals surface area contributed by atoms with Crippen molar-refractivity contribution in [1.29, 1.82) is 0 Å². The van der Waals surface area contributed by atoms with Gasteiger partial charge in [0.05, 0.1) is 24.1 Å². The molecular formula is C22H17F3N4O2. The zero-order valence-corrected chi connectivity index (χ0v) is 16.3. The van der Waals surface area contributed by atoms with E-state index in [0.29, 0.717) is 28.7 Å². The van der Waals surface area contributed by atoms with E-state index in [4.69, 9.17) is 9.47 Å². The van der Waals surface area contributed by atoms with Gasteiger partial charge in [-0.05, 0) is 42.5 Å². The first-order valence-corrected chi connectivity index (χ1v) is 9.24. The average Bonchev–Trinajstić information content (AvgIpc) is 3.28. The first-order valence-electron chi connectivity index (χ1n) is 9.24. The minimum Gasteiger partial charge on any atom is -0.493 e. The summed E-state index contributed by atoms with van der Waals surface area (Å²) in [5.41, 5.74) is 1.79. The molecule has 1 aromatic carbocycles. The molecule has 0 radical (unpaired) electrons. The lowest BCUT2D eigenvalue weighted by Crippen LogP contribution is -2.07. The monoisotopic (exact) mass is 426 g/mol. The maximum absolute atomic E-state index is 12.6. The Morgan fingerprint density at radius 2 is 1.84 bits per heavy atom. The number of ether oxygens (including phenoxy) is 2. The number of nitrogens with zero attached hydrogens (tertiary/aromatic N) is 3. The molecule has 6 nitrogen and oxygen atoms in total. The van der Waals surface area contributed by atoms with Crippen LogP contribution in [0, 0.1) is 0 Å². The molecule has 0 atom stereocenters. The summed E-state index contributed by atoms with van der Waals surface area (Å²) >= 11 is 0. The summed E-state index contributed by atoms with van der Waals surface area (Å²) in [7, 11) is 1.51. The predicted octanol–water partition coefficient (Wildman–Crippen LogP) is 5.14. The van der Waals surface area contributed by atoms with Gasteiger partial charge in [0.25, 0.3) is 0 Å². The summed E-state index contributed by atoms with van der Waals surface area (Å²) in [6.45, 7) is 0.0000727. The maximum Gasteiger partial charge on any atom is 0.417 e. The van der Waals surface area contributed by atoms with E-state index < -0.39 is 11.7 Å². The first kappa shape index (κ1) is 20.4. The van der Waals surface area contributed by atoms with E-state index in [0.717, 1.165) is 23.5 Å². The third-order valence-corrected chi connectivity index (χ3v) is 4.47. The molecule has 0 aliphatic rings. The first-order chi connectivity index (χ1) is 14.9. The number of hydrogen-bond donors (Lipinski definition) is 1. The lowest BCUT2D eigenvalue weighted by Gasteiger charge is -2.12. The molecule has 0 bridgehead atoms. The fourth-order valence-electron chi connectivity index (χ4n) is 2.88. The van der Waals surface area contributed by atoms with Crippen LogP contribution >= 0.6 is 0 Å². The average molecular weight is 426 g/mol. The van der Waals surface area contributed by atoms with Crippen molar-refractivity contribution in [3.63, 3.8) is 0 Å². The van der Waals surface area contributed by atoms with Crippen LogP contribution in [0.3, 0.4) is 0 Å². The molecule has 3 aromatic heterocycles. The van der Waals surface area contributed by atoms with Crippen molar-refractivity contribution in [2.75, 3.05) is 7.11 Å².